The number of anilines is 2. The number of benzene rings is 2. The topological polar surface area (TPSA) is 99.6 Å². The molecule has 0 saturated heterocycles. The standard InChI is InChI=1S/C15H15N3O3/c16-14-10(15(17)19)2-1-3-11(14)18-7-9-4-5-12-13(6-9)21-8-20-12/h1-6,18H,7-8,16H2,(H2,17,19). The van der Waals surface area contributed by atoms with Crippen LogP contribution in [0, 0.1) is 0 Å². The molecule has 0 spiro atoms. The molecule has 0 saturated carbocycles. The molecule has 0 aromatic heterocycles. The molecule has 1 aliphatic rings. The third-order valence-corrected chi connectivity index (χ3v) is 3.29. The molecule has 6 nitrogen and oxygen atoms in total. The molecule has 0 unspecified atom stereocenters. The van der Waals surface area contributed by atoms with Gasteiger partial charge >= 0.3 is 0 Å². The zero-order valence-electron chi connectivity index (χ0n) is 11.3. The number of fused-ring (bicyclic) bond motifs is 1. The van der Waals surface area contributed by atoms with Crippen LogP contribution in [0.5, 0.6) is 11.5 Å². The molecule has 0 fully saturated rings. The number of hydrogen-bond donors (Lipinski definition) is 3. The molecule has 0 radical (unpaired) electrons. The molecular weight excluding hydrogens is 270 g/mol. The number of amides is 1. The van der Waals surface area contributed by atoms with Crippen LogP contribution in [0.15, 0.2) is 36.4 Å². The van der Waals surface area contributed by atoms with Gasteiger partial charge in [-0.2, -0.15) is 0 Å². The zero-order chi connectivity index (χ0) is 14.8. The van der Waals surface area contributed by atoms with Crippen LogP contribution in [0.1, 0.15) is 15.9 Å². The maximum atomic E-state index is 11.3. The van der Waals surface area contributed by atoms with Crippen LogP contribution in [0.3, 0.4) is 0 Å². The van der Waals surface area contributed by atoms with Crippen molar-refractivity contribution < 1.29 is 14.3 Å². The van der Waals surface area contributed by atoms with E-state index in [2.05, 4.69) is 5.32 Å². The third-order valence-electron chi connectivity index (χ3n) is 3.29. The second-order valence-corrected chi connectivity index (χ2v) is 4.67. The summed E-state index contributed by atoms with van der Waals surface area (Å²) in [6, 6.07) is 10.8. The monoisotopic (exact) mass is 285 g/mol. The fourth-order valence-electron chi connectivity index (χ4n) is 2.18. The van der Waals surface area contributed by atoms with Crippen LogP contribution in [0.25, 0.3) is 0 Å². The van der Waals surface area contributed by atoms with Crippen molar-refractivity contribution in [1.29, 1.82) is 0 Å². The molecule has 1 heterocycles. The summed E-state index contributed by atoms with van der Waals surface area (Å²) < 4.78 is 10.6. The van der Waals surface area contributed by atoms with E-state index in [0.717, 1.165) is 17.1 Å². The van der Waals surface area contributed by atoms with Crippen LogP contribution >= 0.6 is 0 Å². The van der Waals surface area contributed by atoms with E-state index in [1.54, 1.807) is 18.2 Å². The molecule has 1 amide bonds. The SMILES string of the molecule is NC(=O)c1cccc(NCc2ccc3c(c2)OCO3)c1N. The third kappa shape index (κ3) is 2.55. The summed E-state index contributed by atoms with van der Waals surface area (Å²) in [5, 5.41) is 3.19. The number of carbonyl (C=O) groups excluding carboxylic acids is 1. The van der Waals surface area contributed by atoms with Gasteiger partial charge in [-0.25, -0.2) is 0 Å². The predicted molar refractivity (Wildman–Crippen MR) is 79.3 cm³/mol. The molecule has 6 heteroatoms. The highest BCUT2D eigenvalue weighted by Crippen LogP contribution is 2.33. The van der Waals surface area contributed by atoms with Gasteiger partial charge in [0.25, 0.3) is 5.91 Å². The van der Waals surface area contributed by atoms with Crippen molar-refractivity contribution in [3.8, 4) is 11.5 Å². The average molecular weight is 285 g/mol. The highest BCUT2D eigenvalue weighted by Gasteiger charge is 2.13. The summed E-state index contributed by atoms with van der Waals surface area (Å²) in [4.78, 5) is 11.3. The van der Waals surface area contributed by atoms with Crippen LogP contribution in [0.2, 0.25) is 0 Å². The number of nitrogens with two attached hydrogens (primary N) is 2. The largest absolute Gasteiger partial charge is 0.454 e. The van der Waals surface area contributed by atoms with Gasteiger partial charge in [0.05, 0.1) is 16.9 Å². The molecule has 0 atom stereocenters. The van der Waals surface area contributed by atoms with Gasteiger partial charge in [-0.05, 0) is 29.8 Å². The zero-order valence-corrected chi connectivity index (χ0v) is 11.3. The van der Waals surface area contributed by atoms with E-state index in [1.807, 2.05) is 18.2 Å². The van der Waals surface area contributed by atoms with E-state index in [9.17, 15) is 4.79 Å². The first kappa shape index (κ1) is 13.1. The van der Waals surface area contributed by atoms with E-state index < -0.39 is 5.91 Å². The highest BCUT2D eigenvalue weighted by atomic mass is 16.7. The van der Waals surface area contributed by atoms with Crippen molar-refractivity contribution in [2.45, 2.75) is 6.54 Å². The van der Waals surface area contributed by atoms with Crippen LogP contribution in [-0.4, -0.2) is 12.7 Å². The minimum absolute atomic E-state index is 0.250. The van der Waals surface area contributed by atoms with Gasteiger partial charge in [0.15, 0.2) is 11.5 Å². The lowest BCUT2D eigenvalue weighted by Crippen LogP contribution is -2.14. The summed E-state index contributed by atoms with van der Waals surface area (Å²) >= 11 is 0. The molecule has 2 aromatic rings. The lowest BCUT2D eigenvalue weighted by atomic mass is 10.1. The number of primary amides is 1. The minimum Gasteiger partial charge on any atom is -0.454 e. The summed E-state index contributed by atoms with van der Waals surface area (Å²) in [5.41, 5.74) is 13.6. The second-order valence-electron chi connectivity index (χ2n) is 4.67. The molecule has 5 N–H and O–H groups in total. The van der Waals surface area contributed by atoms with Crippen molar-refractivity contribution in [3.05, 3.63) is 47.5 Å². The van der Waals surface area contributed by atoms with E-state index >= 15 is 0 Å². The Morgan fingerprint density at radius 2 is 2.00 bits per heavy atom. The Balaban J connectivity index is 1.76. The fourth-order valence-corrected chi connectivity index (χ4v) is 2.18. The first-order chi connectivity index (χ1) is 10.1. The number of nitrogens with one attached hydrogen (secondary N) is 1. The molecular formula is C15H15N3O3. The normalized spacial score (nSPS) is 12.2. The van der Waals surface area contributed by atoms with E-state index in [1.165, 1.54) is 0 Å². The van der Waals surface area contributed by atoms with E-state index in [0.29, 0.717) is 23.5 Å². The minimum atomic E-state index is -0.542. The van der Waals surface area contributed by atoms with E-state index in [-0.39, 0.29) is 6.79 Å². The molecule has 0 aliphatic carbocycles. The maximum absolute atomic E-state index is 11.3. The van der Waals surface area contributed by atoms with Gasteiger partial charge in [-0.15, -0.1) is 0 Å². The Morgan fingerprint density at radius 3 is 2.81 bits per heavy atom. The number of carbonyl (C=O) groups is 1. The fraction of sp³-hybridized carbons (Fsp3) is 0.133. The molecule has 21 heavy (non-hydrogen) atoms. The summed E-state index contributed by atoms with van der Waals surface area (Å²) in [7, 11) is 0. The van der Waals surface area contributed by atoms with Gasteiger partial charge in [0.1, 0.15) is 0 Å². The summed E-state index contributed by atoms with van der Waals surface area (Å²) in [6.07, 6.45) is 0. The predicted octanol–water partition coefficient (Wildman–Crippen LogP) is 1.71. The Kier molecular flexibility index (Phi) is 3.27. The second kappa shape index (κ2) is 5.24. The van der Waals surface area contributed by atoms with Gasteiger partial charge in [0.2, 0.25) is 6.79 Å². The van der Waals surface area contributed by atoms with Gasteiger partial charge in [-0.1, -0.05) is 12.1 Å². The molecule has 0 bridgehead atoms. The average Bonchev–Trinajstić information content (AvgIpc) is 2.93. The Hall–Kier alpha value is -2.89. The number of nitrogen functional groups attached to an aromatic ring is 1. The first-order valence-corrected chi connectivity index (χ1v) is 6.46. The maximum Gasteiger partial charge on any atom is 0.250 e. The lowest BCUT2D eigenvalue weighted by Gasteiger charge is -2.11. The van der Waals surface area contributed by atoms with Gasteiger partial charge in [0, 0.05) is 6.54 Å². The Bertz CT molecular complexity index is 701. The van der Waals surface area contributed by atoms with Gasteiger partial charge < -0.3 is 26.3 Å². The smallest absolute Gasteiger partial charge is 0.250 e. The summed E-state index contributed by atoms with van der Waals surface area (Å²) in [5.74, 6) is 0.932. The van der Waals surface area contributed by atoms with E-state index in [4.69, 9.17) is 20.9 Å². The molecule has 1 aliphatic heterocycles. The van der Waals surface area contributed by atoms with Crippen LogP contribution in [-0.2, 0) is 6.54 Å². The van der Waals surface area contributed by atoms with Crippen molar-refractivity contribution in [2.75, 3.05) is 17.8 Å². The molecule has 3 rings (SSSR count). The van der Waals surface area contributed by atoms with Crippen molar-refractivity contribution >= 4 is 17.3 Å². The van der Waals surface area contributed by atoms with Gasteiger partial charge in [-0.3, -0.25) is 4.79 Å². The van der Waals surface area contributed by atoms with Crippen molar-refractivity contribution in [1.82, 2.24) is 0 Å². The molecule has 108 valence electrons. The first-order valence-electron chi connectivity index (χ1n) is 6.46. The summed E-state index contributed by atoms with van der Waals surface area (Å²) in [6.45, 7) is 0.795. The van der Waals surface area contributed by atoms with Crippen molar-refractivity contribution in [3.63, 3.8) is 0 Å². The number of para-hydroxylation sites is 1. The quantitative estimate of drug-likeness (QED) is 0.743. The van der Waals surface area contributed by atoms with Crippen LogP contribution < -0.4 is 26.3 Å². The van der Waals surface area contributed by atoms with Crippen LogP contribution in [0.4, 0.5) is 11.4 Å². The number of hydrogen-bond acceptors (Lipinski definition) is 5. The number of ether oxygens (including phenoxy) is 2. The highest BCUT2D eigenvalue weighted by molar-refractivity contribution is 6.00. The number of rotatable bonds is 4. The lowest BCUT2D eigenvalue weighted by molar-refractivity contribution is 0.100. The Morgan fingerprint density at radius 1 is 1.19 bits per heavy atom. The Labute approximate surface area is 121 Å². The molecule has 2 aromatic carbocycles. The van der Waals surface area contributed by atoms with Crippen molar-refractivity contribution in [2.24, 2.45) is 5.73 Å².